The van der Waals surface area contributed by atoms with Gasteiger partial charge in [-0.15, -0.1) is 0 Å². The summed E-state index contributed by atoms with van der Waals surface area (Å²) in [5, 5.41) is 2.97. The van der Waals surface area contributed by atoms with Crippen LogP contribution in [0.1, 0.15) is 52.4 Å². The van der Waals surface area contributed by atoms with Crippen molar-refractivity contribution in [3.05, 3.63) is 0 Å². The molecule has 1 N–H and O–H groups in total. The van der Waals surface area contributed by atoms with Gasteiger partial charge in [-0.2, -0.15) is 0 Å². The fraction of sp³-hybridized carbons (Fsp3) is 0.846. The first-order chi connectivity index (χ1) is 8.13. The minimum absolute atomic E-state index is 0.0440. The lowest BCUT2D eigenvalue weighted by Crippen LogP contribution is -2.37. The van der Waals surface area contributed by atoms with Crippen LogP contribution in [-0.2, 0) is 14.3 Å². The van der Waals surface area contributed by atoms with E-state index in [1.54, 1.807) is 6.92 Å². The molecule has 1 aliphatic carbocycles. The van der Waals surface area contributed by atoms with Gasteiger partial charge in [0.15, 0.2) is 0 Å². The summed E-state index contributed by atoms with van der Waals surface area (Å²) >= 11 is 0. The maximum absolute atomic E-state index is 11.6. The number of ether oxygens (including phenoxy) is 1. The fourth-order valence-corrected chi connectivity index (χ4v) is 2.35. The smallest absolute Gasteiger partial charge is 0.306 e. The second-order valence-corrected chi connectivity index (χ2v) is 4.71. The molecule has 0 aromatic heterocycles. The number of carbonyl (C=O) groups is 2. The van der Waals surface area contributed by atoms with Gasteiger partial charge in [0.2, 0.25) is 5.91 Å². The maximum Gasteiger partial charge on any atom is 0.306 e. The number of carbonyl (C=O) groups excluding carboxylic acids is 2. The lowest BCUT2D eigenvalue weighted by atomic mass is 10.00. The Morgan fingerprint density at radius 1 is 1.29 bits per heavy atom. The highest BCUT2D eigenvalue weighted by Crippen LogP contribution is 2.27. The molecule has 1 aliphatic rings. The Hall–Kier alpha value is -1.06. The van der Waals surface area contributed by atoms with Crippen molar-refractivity contribution in [1.29, 1.82) is 0 Å². The normalized spacial score (nSPS) is 17.8. The SMILES string of the molecule is CCOC(=O)CCC(=O)NC(C)C1CCCC1. The molecule has 0 saturated heterocycles. The van der Waals surface area contributed by atoms with E-state index in [0.29, 0.717) is 12.5 Å². The Morgan fingerprint density at radius 3 is 2.53 bits per heavy atom. The molecule has 0 aromatic carbocycles. The average Bonchev–Trinajstić information content (AvgIpc) is 2.80. The Balaban J connectivity index is 2.17. The van der Waals surface area contributed by atoms with Crippen LogP contribution < -0.4 is 5.32 Å². The number of amides is 1. The molecule has 1 atom stereocenters. The molecule has 1 unspecified atom stereocenters. The van der Waals surface area contributed by atoms with Crippen molar-refractivity contribution < 1.29 is 14.3 Å². The second kappa shape index (κ2) is 7.30. The Labute approximate surface area is 103 Å². The summed E-state index contributed by atoms with van der Waals surface area (Å²) in [4.78, 5) is 22.7. The zero-order valence-corrected chi connectivity index (χ0v) is 10.8. The molecule has 0 aliphatic heterocycles. The number of esters is 1. The first kappa shape index (κ1) is 14.0. The van der Waals surface area contributed by atoms with E-state index in [2.05, 4.69) is 12.2 Å². The summed E-state index contributed by atoms with van der Waals surface area (Å²) < 4.78 is 4.78. The van der Waals surface area contributed by atoms with Crippen LogP contribution >= 0.6 is 0 Å². The zero-order chi connectivity index (χ0) is 12.7. The minimum Gasteiger partial charge on any atom is -0.466 e. The van der Waals surface area contributed by atoms with Gasteiger partial charge in [-0.1, -0.05) is 12.8 Å². The first-order valence-electron chi connectivity index (χ1n) is 6.58. The Kier molecular flexibility index (Phi) is 6.01. The molecule has 1 amide bonds. The van der Waals surface area contributed by atoms with Gasteiger partial charge in [0.05, 0.1) is 13.0 Å². The van der Waals surface area contributed by atoms with Gasteiger partial charge in [0, 0.05) is 12.5 Å². The molecule has 0 radical (unpaired) electrons. The molecular formula is C13H23NO3. The van der Waals surface area contributed by atoms with Crippen LogP contribution in [0.3, 0.4) is 0 Å². The van der Waals surface area contributed by atoms with E-state index in [1.165, 1.54) is 25.7 Å². The lowest BCUT2D eigenvalue weighted by Gasteiger charge is -2.20. The quantitative estimate of drug-likeness (QED) is 0.724. The van der Waals surface area contributed by atoms with E-state index in [9.17, 15) is 9.59 Å². The topological polar surface area (TPSA) is 55.4 Å². The standard InChI is InChI=1S/C13H23NO3/c1-3-17-13(16)9-8-12(15)14-10(2)11-6-4-5-7-11/h10-11H,3-9H2,1-2H3,(H,14,15). The highest BCUT2D eigenvalue weighted by molar-refractivity contribution is 5.81. The first-order valence-corrected chi connectivity index (χ1v) is 6.58. The molecule has 1 fully saturated rings. The minimum atomic E-state index is -0.295. The van der Waals surface area contributed by atoms with Crippen molar-refractivity contribution in [2.45, 2.75) is 58.4 Å². The van der Waals surface area contributed by atoms with Gasteiger partial charge in [0.25, 0.3) is 0 Å². The van der Waals surface area contributed by atoms with E-state index in [1.807, 2.05) is 0 Å². The van der Waals surface area contributed by atoms with E-state index in [4.69, 9.17) is 4.74 Å². The third-order valence-electron chi connectivity index (χ3n) is 3.36. The van der Waals surface area contributed by atoms with Crippen molar-refractivity contribution in [1.82, 2.24) is 5.32 Å². The van der Waals surface area contributed by atoms with E-state index in [0.717, 1.165) is 0 Å². The van der Waals surface area contributed by atoms with Crippen LogP contribution in [0.25, 0.3) is 0 Å². The molecule has 1 saturated carbocycles. The molecule has 1 rings (SSSR count). The summed E-state index contributed by atoms with van der Waals surface area (Å²) in [5.74, 6) is 0.273. The molecule has 17 heavy (non-hydrogen) atoms. The Morgan fingerprint density at radius 2 is 1.94 bits per heavy atom. The van der Waals surface area contributed by atoms with Crippen LogP contribution in [0.2, 0.25) is 0 Å². The second-order valence-electron chi connectivity index (χ2n) is 4.71. The van der Waals surface area contributed by atoms with Crippen molar-refractivity contribution in [3.8, 4) is 0 Å². The molecule has 0 heterocycles. The van der Waals surface area contributed by atoms with Crippen molar-refractivity contribution in [2.75, 3.05) is 6.61 Å². The van der Waals surface area contributed by atoms with Crippen molar-refractivity contribution >= 4 is 11.9 Å². The molecule has 0 spiro atoms. The molecule has 0 bridgehead atoms. The summed E-state index contributed by atoms with van der Waals surface area (Å²) in [6.45, 7) is 4.19. The van der Waals surface area contributed by atoms with Crippen LogP contribution in [0.5, 0.6) is 0 Å². The third kappa shape index (κ3) is 5.20. The molecule has 0 aromatic rings. The van der Waals surface area contributed by atoms with Crippen LogP contribution in [0.15, 0.2) is 0 Å². The van der Waals surface area contributed by atoms with Crippen molar-refractivity contribution in [2.24, 2.45) is 5.92 Å². The van der Waals surface area contributed by atoms with Gasteiger partial charge in [-0.05, 0) is 32.6 Å². The van der Waals surface area contributed by atoms with Gasteiger partial charge >= 0.3 is 5.97 Å². The summed E-state index contributed by atoms with van der Waals surface area (Å²) in [5.41, 5.74) is 0. The molecular weight excluding hydrogens is 218 g/mol. The van der Waals surface area contributed by atoms with E-state index < -0.39 is 0 Å². The Bertz CT molecular complexity index is 259. The van der Waals surface area contributed by atoms with Gasteiger partial charge in [-0.3, -0.25) is 9.59 Å². The molecule has 4 nitrogen and oxygen atoms in total. The average molecular weight is 241 g/mol. The summed E-state index contributed by atoms with van der Waals surface area (Å²) in [6, 6.07) is 0.229. The summed E-state index contributed by atoms with van der Waals surface area (Å²) in [7, 11) is 0. The van der Waals surface area contributed by atoms with Crippen molar-refractivity contribution in [3.63, 3.8) is 0 Å². The van der Waals surface area contributed by atoms with Gasteiger partial charge in [0.1, 0.15) is 0 Å². The number of nitrogens with one attached hydrogen (secondary N) is 1. The fourth-order valence-electron chi connectivity index (χ4n) is 2.35. The van der Waals surface area contributed by atoms with E-state index >= 15 is 0 Å². The molecule has 4 heteroatoms. The zero-order valence-electron chi connectivity index (χ0n) is 10.8. The lowest BCUT2D eigenvalue weighted by molar-refractivity contribution is -0.144. The van der Waals surface area contributed by atoms with Gasteiger partial charge < -0.3 is 10.1 Å². The maximum atomic E-state index is 11.6. The monoisotopic (exact) mass is 241 g/mol. The van der Waals surface area contributed by atoms with Crippen LogP contribution in [0.4, 0.5) is 0 Å². The third-order valence-corrected chi connectivity index (χ3v) is 3.36. The molecule has 98 valence electrons. The number of hydrogen-bond acceptors (Lipinski definition) is 3. The highest BCUT2D eigenvalue weighted by atomic mass is 16.5. The number of hydrogen-bond donors (Lipinski definition) is 1. The predicted octanol–water partition coefficient (Wildman–Crippen LogP) is 2.02. The van der Waals surface area contributed by atoms with Crippen LogP contribution in [0, 0.1) is 5.92 Å². The van der Waals surface area contributed by atoms with E-state index in [-0.39, 0.29) is 30.8 Å². The predicted molar refractivity (Wildman–Crippen MR) is 65.4 cm³/mol. The van der Waals surface area contributed by atoms with Gasteiger partial charge in [-0.25, -0.2) is 0 Å². The largest absolute Gasteiger partial charge is 0.466 e. The highest BCUT2D eigenvalue weighted by Gasteiger charge is 2.22. The summed E-state index contributed by atoms with van der Waals surface area (Å²) in [6.07, 6.45) is 5.37. The van der Waals surface area contributed by atoms with Crippen LogP contribution in [-0.4, -0.2) is 24.5 Å². The number of rotatable bonds is 6.